The molecule has 4 aromatic rings. The summed E-state index contributed by atoms with van der Waals surface area (Å²) >= 11 is 3.45. The number of nitrogens with zero attached hydrogens (tertiary/aromatic N) is 5. The minimum Gasteiger partial charge on any atom is -0.497 e. The minimum atomic E-state index is 0.0232. The summed E-state index contributed by atoms with van der Waals surface area (Å²) < 4.78 is 8.14. The molecule has 7 nitrogen and oxygen atoms in total. The molecule has 0 aliphatic carbocycles. The number of hydrogen-bond donors (Lipinski definition) is 0. The van der Waals surface area contributed by atoms with Gasteiger partial charge in [0.15, 0.2) is 11.5 Å². The van der Waals surface area contributed by atoms with Crippen molar-refractivity contribution in [1.82, 2.24) is 19.5 Å². The van der Waals surface area contributed by atoms with Crippen LogP contribution in [0.5, 0.6) is 5.75 Å². The lowest BCUT2D eigenvalue weighted by atomic mass is 10.2. The normalized spacial score (nSPS) is 14.1. The van der Waals surface area contributed by atoms with Crippen molar-refractivity contribution in [3.05, 3.63) is 76.9 Å². The smallest absolute Gasteiger partial charge is 0.254 e. The van der Waals surface area contributed by atoms with Gasteiger partial charge in [-0.25, -0.2) is 0 Å². The zero-order chi connectivity index (χ0) is 22.1. The Balaban J connectivity index is 1.29. The Bertz CT molecular complexity index is 1250. The van der Waals surface area contributed by atoms with E-state index >= 15 is 0 Å². The van der Waals surface area contributed by atoms with Crippen LogP contribution in [-0.4, -0.2) is 58.7 Å². The number of methoxy groups -OCH3 is 1. The SMILES string of the molecule is COc1ccc(N2CCN(C(=O)c3ccn4c(-c5ccc(Br)cc5)nnc4c3)CC2)cc1. The van der Waals surface area contributed by atoms with Gasteiger partial charge in [-0.3, -0.25) is 9.20 Å². The van der Waals surface area contributed by atoms with Crippen molar-refractivity contribution in [2.75, 3.05) is 38.2 Å². The van der Waals surface area contributed by atoms with Gasteiger partial charge < -0.3 is 14.5 Å². The van der Waals surface area contributed by atoms with Gasteiger partial charge in [0.25, 0.3) is 5.91 Å². The number of halogens is 1. The molecule has 0 radical (unpaired) electrons. The summed E-state index contributed by atoms with van der Waals surface area (Å²) in [7, 11) is 1.66. The van der Waals surface area contributed by atoms with Crippen LogP contribution in [0.1, 0.15) is 10.4 Å². The van der Waals surface area contributed by atoms with Crippen molar-refractivity contribution in [1.29, 1.82) is 0 Å². The zero-order valence-electron chi connectivity index (χ0n) is 17.6. The molecule has 0 unspecified atom stereocenters. The number of rotatable bonds is 4. The molecule has 0 saturated carbocycles. The lowest BCUT2D eigenvalue weighted by Crippen LogP contribution is -2.48. The first-order valence-electron chi connectivity index (χ1n) is 10.4. The number of carbonyl (C=O) groups excluding carboxylic acids is 1. The van der Waals surface area contributed by atoms with Gasteiger partial charge in [-0.1, -0.05) is 28.1 Å². The first-order chi connectivity index (χ1) is 15.6. The summed E-state index contributed by atoms with van der Waals surface area (Å²) in [5.41, 5.74) is 3.40. The predicted molar refractivity (Wildman–Crippen MR) is 127 cm³/mol. The van der Waals surface area contributed by atoms with Gasteiger partial charge in [-0.15, -0.1) is 10.2 Å². The molecule has 1 amide bonds. The number of hydrogen-bond acceptors (Lipinski definition) is 5. The molecule has 1 saturated heterocycles. The molecule has 0 atom stereocenters. The quantitative estimate of drug-likeness (QED) is 0.429. The van der Waals surface area contributed by atoms with Crippen molar-refractivity contribution in [3.8, 4) is 17.1 Å². The van der Waals surface area contributed by atoms with Crippen molar-refractivity contribution in [2.24, 2.45) is 0 Å². The molecule has 2 aromatic carbocycles. The number of aromatic nitrogens is 3. The number of amides is 1. The molecule has 0 spiro atoms. The molecule has 1 fully saturated rings. The van der Waals surface area contributed by atoms with Crippen LogP contribution < -0.4 is 9.64 Å². The van der Waals surface area contributed by atoms with Gasteiger partial charge in [-0.2, -0.15) is 0 Å². The fourth-order valence-corrected chi connectivity index (χ4v) is 4.23. The van der Waals surface area contributed by atoms with Crippen LogP contribution in [0.3, 0.4) is 0 Å². The van der Waals surface area contributed by atoms with Gasteiger partial charge in [0.2, 0.25) is 0 Å². The molecule has 5 rings (SSSR count). The standard InChI is InChI=1S/C24H22BrN5O2/c1-32-21-8-6-20(7-9-21)28-12-14-29(15-13-28)24(31)18-10-11-30-22(16-18)26-27-23(30)17-2-4-19(25)5-3-17/h2-11,16H,12-15H2,1H3. The number of piperazine rings is 1. The average molecular weight is 492 g/mol. The van der Waals surface area contributed by atoms with Crippen LogP contribution in [-0.2, 0) is 0 Å². The second-order valence-electron chi connectivity index (χ2n) is 7.65. The third kappa shape index (κ3) is 3.93. The van der Waals surface area contributed by atoms with E-state index in [1.165, 1.54) is 0 Å². The molecular weight excluding hydrogens is 470 g/mol. The Morgan fingerprint density at radius 1 is 0.938 bits per heavy atom. The first-order valence-corrected chi connectivity index (χ1v) is 11.2. The highest BCUT2D eigenvalue weighted by molar-refractivity contribution is 9.10. The third-order valence-electron chi connectivity index (χ3n) is 5.76. The summed E-state index contributed by atoms with van der Waals surface area (Å²) in [5.74, 6) is 1.62. The minimum absolute atomic E-state index is 0.0232. The van der Waals surface area contributed by atoms with E-state index in [1.54, 1.807) is 7.11 Å². The van der Waals surface area contributed by atoms with Gasteiger partial charge in [0.1, 0.15) is 5.75 Å². The number of pyridine rings is 1. The zero-order valence-corrected chi connectivity index (χ0v) is 19.2. The highest BCUT2D eigenvalue weighted by atomic mass is 79.9. The van der Waals surface area contributed by atoms with Crippen LogP contribution in [0.4, 0.5) is 5.69 Å². The molecule has 3 heterocycles. The number of fused-ring (bicyclic) bond motifs is 1. The molecule has 1 aliphatic rings. The van der Waals surface area contributed by atoms with E-state index in [-0.39, 0.29) is 5.91 Å². The number of ether oxygens (including phenoxy) is 1. The molecule has 2 aromatic heterocycles. The van der Waals surface area contributed by atoms with Crippen molar-refractivity contribution < 1.29 is 9.53 Å². The third-order valence-corrected chi connectivity index (χ3v) is 6.29. The molecule has 0 N–H and O–H groups in total. The van der Waals surface area contributed by atoms with Crippen LogP contribution in [0.25, 0.3) is 17.0 Å². The van der Waals surface area contributed by atoms with Crippen LogP contribution in [0.2, 0.25) is 0 Å². The molecule has 162 valence electrons. The molecule has 1 aliphatic heterocycles. The number of benzene rings is 2. The van der Waals surface area contributed by atoms with Crippen molar-refractivity contribution in [3.63, 3.8) is 0 Å². The van der Waals surface area contributed by atoms with Crippen molar-refractivity contribution >= 4 is 33.2 Å². The van der Waals surface area contributed by atoms with E-state index in [0.29, 0.717) is 24.3 Å². The Kier molecular flexibility index (Phi) is 5.53. The van der Waals surface area contributed by atoms with E-state index in [0.717, 1.165) is 40.4 Å². The fourth-order valence-electron chi connectivity index (χ4n) is 3.96. The largest absolute Gasteiger partial charge is 0.497 e. The second-order valence-corrected chi connectivity index (χ2v) is 8.57. The topological polar surface area (TPSA) is 63.0 Å². The maximum absolute atomic E-state index is 13.1. The molecular formula is C24H22BrN5O2. The Labute approximate surface area is 194 Å². The van der Waals surface area contributed by atoms with Gasteiger partial charge >= 0.3 is 0 Å². The Hall–Kier alpha value is -3.39. The Morgan fingerprint density at radius 2 is 1.66 bits per heavy atom. The second kappa shape index (κ2) is 8.63. The first kappa shape index (κ1) is 20.5. The van der Waals surface area contributed by atoms with E-state index in [1.807, 2.05) is 64.0 Å². The lowest BCUT2D eigenvalue weighted by Gasteiger charge is -2.36. The van der Waals surface area contributed by atoms with Crippen molar-refractivity contribution in [2.45, 2.75) is 0 Å². The van der Waals surface area contributed by atoms with Gasteiger partial charge in [-0.05, 0) is 48.5 Å². The predicted octanol–water partition coefficient (Wildman–Crippen LogP) is 4.13. The van der Waals surface area contributed by atoms with E-state index in [2.05, 4.69) is 43.2 Å². The Morgan fingerprint density at radius 3 is 2.34 bits per heavy atom. The summed E-state index contributed by atoms with van der Waals surface area (Å²) in [6.07, 6.45) is 1.87. The summed E-state index contributed by atoms with van der Waals surface area (Å²) in [4.78, 5) is 17.3. The fraction of sp³-hybridized carbons (Fsp3) is 0.208. The number of anilines is 1. The van der Waals surface area contributed by atoms with Gasteiger partial charge in [0.05, 0.1) is 7.11 Å². The number of carbonyl (C=O) groups is 1. The average Bonchev–Trinajstić information content (AvgIpc) is 3.27. The summed E-state index contributed by atoms with van der Waals surface area (Å²) in [6, 6.07) is 19.6. The monoisotopic (exact) mass is 491 g/mol. The van der Waals surface area contributed by atoms with E-state index in [4.69, 9.17) is 4.74 Å². The molecule has 32 heavy (non-hydrogen) atoms. The van der Waals surface area contributed by atoms with Crippen LogP contribution in [0, 0.1) is 0 Å². The van der Waals surface area contributed by atoms with Crippen LogP contribution >= 0.6 is 15.9 Å². The van der Waals surface area contributed by atoms with Crippen LogP contribution in [0.15, 0.2) is 71.3 Å². The van der Waals surface area contributed by atoms with E-state index < -0.39 is 0 Å². The highest BCUT2D eigenvalue weighted by Gasteiger charge is 2.23. The summed E-state index contributed by atoms with van der Waals surface area (Å²) in [5, 5.41) is 8.60. The maximum Gasteiger partial charge on any atom is 0.254 e. The maximum atomic E-state index is 13.1. The molecule has 0 bridgehead atoms. The van der Waals surface area contributed by atoms with Gasteiger partial charge in [0, 0.05) is 53.7 Å². The lowest BCUT2D eigenvalue weighted by molar-refractivity contribution is 0.0747. The highest BCUT2D eigenvalue weighted by Crippen LogP contribution is 2.23. The molecule has 8 heteroatoms. The summed E-state index contributed by atoms with van der Waals surface area (Å²) in [6.45, 7) is 2.93. The van der Waals surface area contributed by atoms with E-state index in [9.17, 15) is 4.79 Å².